The first-order chi connectivity index (χ1) is 17.2. The molecule has 2 fully saturated rings. The number of aryl methyl sites for hydroxylation is 1. The number of nitrogens with zero attached hydrogens (tertiary/aromatic N) is 2. The molecule has 3 aromatic rings. The third kappa shape index (κ3) is 5.67. The number of hydrogen-bond donors (Lipinski definition) is 0. The van der Waals surface area contributed by atoms with Crippen molar-refractivity contribution in [3.8, 4) is 0 Å². The fourth-order valence-corrected chi connectivity index (χ4v) is 6.10. The molecule has 35 heavy (non-hydrogen) atoms. The van der Waals surface area contributed by atoms with Crippen molar-refractivity contribution in [1.82, 2.24) is 9.80 Å². The Morgan fingerprint density at radius 2 is 1.23 bits per heavy atom. The molecule has 0 aromatic heterocycles. The summed E-state index contributed by atoms with van der Waals surface area (Å²) in [5.74, 6) is 0.846. The molecule has 0 N–H and O–H groups in total. The van der Waals surface area contributed by atoms with E-state index in [2.05, 4.69) is 101 Å². The van der Waals surface area contributed by atoms with Crippen molar-refractivity contribution in [1.29, 1.82) is 0 Å². The molecule has 1 spiro atoms. The summed E-state index contributed by atoms with van der Waals surface area (Å²) >= 11 is 0. The number of carbonyl (C=O) groups excluding carboxylic acids is 1. The van der Waals surface area contributed by atoms with Gasteiger partial charge in [-0.1, -0.05) is 91.0 Å². The first-order valence-corrected chi connectivity index (χ1v) is 13.4. The zero-order valence-electron chi connectivity index (χ0n) is 20.8. The standard InChI is InChI=1S/C32H38N2O/c35-31-32(21-26-34(31)22-10-13-27-11-4-1-5-12-27)19-24-33(25-20-32)23-18-30(28-14-6-2-7-15-28)29-16-8-3-9-17-29/h1-9,11-12,14-17,30H,10,13,18-26H2. The Morgan fingerprint density at radius 3 is 1.83 bits per heavy atom. The van der Waals surface area contributed by atoms with E-state index < -0.39 is 0 Å². The summed E-state index contributed by atoms with van der Waals surface area (Å²) in [7, 11) is 0. The van der Waals surface area contributed by atoms with Crippen LogP contribution < -0.4 is 0 Å². The highest BCUT2D eigenvalue weighted by atomic mass is 16.2. The molecule has 0 unspecified atom stereocenters. The van der Waals surface area contributed by atoms with E-state index in [0.717, 1.165) is 71.2 Å². The quantitative estimate of drug-likeness (QED) is 0.377. The maximum Gasteiger partial charge on any atom is 0.228 e. The average molecular weight is 467 g/mol. The van der Waals surface area contributed by atoms with E-state index in [-0.39, 0.29) is 5.41 Å². The predicted octanol–water partition coefficient (Wildman–Crippen LogP) is 6.16. The number of amides is 1. The van der Waals surface area contributed by atoms with Gasteiger partial charge in [0.25, 0.3) is 0 Å². The molecule has 182 valence electrons. The summed E-state index contributed by atoms with van der Waals surface area (Å²) in [5, 5.41) is 0. The van der Waals surface area contributed by atoms with Crippen LogP contribution in [0.25, 0.3) is 0 Å². The molecule has 0 atom stereocenters. The molecule has 0 saturated carbocycles. The number of rotatable bonds is 9. The Labute approximate surface area is 210 Å². The van der Waals surface area contributed by atoms with Crippen molar-refractivity contribution in [2.75, 3.05) is 32.7 Å². The number of benzene rings is 3. The minimum atomic E-state index is -0.0957. The minimum Gasteiger partial charge on any atom is -0.342 e. The van der Waals surface area contributed by atoms with Crippen molar-refractivity contribution in [2.45, 2.75) is 44.4 Å². The third-order valence-corrected chi connectivity index (χ3v) is 8.29. The molecule has 3 aromatic carbocycles. The van der Waals surface area contributed by atoms with E-state index in [1.807, 2.05) is 0 Å². The fraction of sp³-hybridized carbons (Fsp3) is 0.406. The lowest BCUT2D eigenvalue weighted by atomic mass is 9.77. The molecule has 2 saturated heterocycles. The molecule has 1 amide bonds. The van der Waals surface area contributed by atoms with Crippen molar-refractivity contribution in [3.63, 3.8) is 0 Å². The highest BCUT2D eigenvalue weighted by molar-refractivity contribution is 5.85. The topological polar surface area (TPSA) is 23.6 Å². The summed E-state index contributed by atoms with van der Waals surface area (Å²) in [6.45, 7) is 5.01. The van der Waals surface area contributed by atoms with E-state index >= 15 is 0 Å². The van der Waals surface area contributed by atoms with Gasteiger partial charge in [0.15, 0.2) is 0 Å². The largest absolute Gasteiger partial charge is 0.342 e. The molecule has 3 heteroatoms. The molecular formula is C32H38N2O. The zero-order valence-corrected chi connectivity index (χ0v) is 20.8. The number of hydrogen-bond acceptors (Lipinski definition) is 2. The van der Waals surface area contributed by atoms with Crippen molar-refractivity contribution in [2.24, 2.45) is 5.41 Å². The van der Waals surface area contributed by atoms with Crippen molar-refractivity contribution in [3.05, 3.63) is 108 Å². The van der Waals surface area contributed by atoms with Crippen LogP contribution in [0.4, 0.5) is 0 Å². The van der Waals surface area contributed by atoms with Gasteiger partial charge in [0.1, 0.15) is 0 Å². The van der Waals surface area contributed by atoms with Gasteiger partial charge in [0, 0.05) is 19.0 Å². The van der Waals surface area contributed by atoms with Crippen LogP contribution in [0.3, 0.4) is 0 Å². The van der Waals surface area contributed by atoms with Gasteiger partial charge in [-0.05, 0) is 74.8 Å². The van der Waals surface area contributed by atoms with E-state index in [1.165, 1.54) is 16.7 Å². The zero-order chi connectivity index (χ0) is 23.9. The van der Waals surface area contributed by atoms with Gasteiger partial charge in [0.05, 0.1) is 5.41 Å². The van der Waals surface area contributed by atoms with Crippen LogP contribution >= 0.6 is 0 Å². The Morgan fingerprint density at radius 1 is 0.686 bits per heavy atom. The molecule has 0 bridgehead atoms. The average Bonchev–Trinajstić information content (AvgIpc) is 3.22. The number of likely N-dealkylation sites (tertiary alicyclic amines) is 2. The van der Waals surface area contributed by atoms with Crippen LogP contribution in [-0.4, -0.2) is 48.4 Å². The predicted molar refractivity (Wildman–Crippen MR) is 143 cm³/mol. The molecular weight excluding hydrogens is 428 g/mol. The van der Waals surface area contributed by atoms with Crippen LogP contribution in [0.2, 0.25) is 0 Å². The third-order valence-electron chi connectivity index (χ3n) is 8.29. The van der Waals surface area contributed by atoms with Crippen LogP contribution in [0, 0.1) is 5.41 Å². The second-order valence-electron chi connectivity index (χ2n) is 10.4. The highest BCUT2D eigenvalue weighted by Gasteiger charge is 2.47. The smallest absolute Gasteiger partial charge is 0.228 e. The SMILES string of the molecule is O=C1N(CCCc2ccccc2)CCC12CCN(CCC(c1ccccc1)c1ccccc1)CC2. The van der Waals surface area contributed by atoms with Gasteiger partial charge in [-0.25, -0.2) is 0 Å². The summed E-state index contributed by atoms with van der Waals surface area (Å²) in [6, 6.07) is 32.4. The minimum absolute atomic E-state index is 0.0957. The molecule has 5 rings (SSSR count). The fourth-order valence-electron chi connectivity index (χ4n) is 6.10. The monoisotopic (exact) mass is 466 g/mol. The first-order valence-electron chi connectivity index (χ1n) is 13.4. The Bertz CT molecular complexity index is 1020. The maximum atomic E-state index is 13.4. The van der Waals surface area contributed by atoms with E-state index in [4.69, 9.17) is 0 Å². The van der Waals surface area contributed by atoms with E-state index in [0.29, 0.717) is 11.8 Å². The van der Waals surface area contributed by atoms with Gasteiger partial charge in [-0.2, -0.15) is 0 Å². The second kappa shape index (κ2) is 11.2. The summed E-state index contributed by atoms with van der Waals surface area (Å²) in [5.41, 5.74) is 4.06. The summed E-state index contributed by atoms with van der Waals surface area (Å²) < 4.78 is 0. The van der Waals surface area contributed by atoms with Crippen molar-refractivity contribution < 1.29 is 4.79 Å². The highest BCUT2D eigenvalue weighted by Crippen LogP contribution is 2.42. The first kappa shape index (κ1) is 23.8. The van der Waals surface area contributed by atoms with Crippen LogP contribution in [0.15, 0.2) is 91.0 Å². The molecule has 3 nitrogen and oxygen atoms in total. The lowest BCUT2D eigenvalue weighted by Crippen LogP contribution is -2.45. The normalized spacial score (nSPS) is 18.0. The van der Waals surface area contributed by atoms with E-state index in [1.54, 1.807) is 0 Å². The lowest BCUT2D eigenvalue weighted by Gasteiger charge is -2.38. The molecule has 2 aliphatic rings. The molecule has 2 aliphatic heterocycles. The Kier molecular flexibility index (Phi) is 7.63. The second-order valence-corrected chi connectivity index (χ2v) is 10.4. The Balaban J connectivity index is 1.12. The molecule has 0 aliphatic carbocycles. The summed E-state index contributed by atoms with van der Waals surface area (Å²) in [6.07, 6.45) is 6.29. The van der Waals surface area contributed by atoms with Crippen LogP contribution in [0.1, 0.15) is 54.7 Å². The van der Waals surface area contributed by atoms with Gasteiger partial charge in [-0.3, -0.25) is 4.79 Å². The van der Waals surface area contributed by atoms with Gasteiger partial charge < -0.3 is 9.80 Å². The summed E-state index contributed by atoms with van der Waals surface area (Å²) in [4.78, 5) is 18.1. The number of carbonyl (C=O) groups is 1. The van der Waals surface area contributed by atoms with Crippen molar-refractivity contribution >= 4 is 5.91 Å². The van der Waals surface area contributed by atoms with Crippen LogP contribution in [0.5, 0.6) is 0 Å². The van der Waals surface area contributed by atoms with Crippen LogP contribution in [-0.2, 0) is 11.2 Å². The molecule has 0 radical (unpaired) electrons. The van der Waals surface area contributed by atoms with E-state index in [9.17, 15) is 4.79 Å². The van der Waals surface area contributed by atoms with Gasteiger partial charge in [0.2, 0.25) is 5.91 Å². The molecule has 2 heterocycles. The van der Waals surface area contributed by atoms with Gasteiger partial charge >= 0.3 is 0 Å². The van der Waals surface area contributed by atoms with Gasteiger partial charge in [-0.15, -0.1) is 0 Å². The number of piperidine rings is 1. The maximum absolute atomic E-state index is 13.4. The Hall–Kier alpha value is -2.91. The lowest BCUT2D eigenvalue weighted by molar-refractivity contribution is -0.138.